The summed E-state index contributed by atoms with van der Waals surface area (Å²) < 4.78 is 0. The summed E-state index contributed by atoms with van der Waals surface area (Å²) in [5.41, 5.74) is 7.75. The zero-order chi connectivity index (χ0) is 30.7. The van der Waals surface area contributed by atoms with Crippen molar-refractivity contribution in [3.05, 3.63) is 194 Å². The van der Waals surface area contributed by atoms with Gasteiger partial charge in [0.1, 0.15) is 0 Å². The first-order valence-corrected chi connectivity index (χ1v) is 15.9. The lowest BCUT2D eigenvalue weighted by atomic mass is 9.84. The topological polar surface area (TPSA) is 0 Å². The first-order chi connectivity index (χ1) is 22.9. The van der Waals surface area contributed by atoms with Gasteiger partial charge in [0.05, 0.1) is 0 Å². The summed E-state index contributed by atoms with van der Waals surface area (Å²) in [6, 6.07) is 69.3. The van der Waals surface area contributed by atoms with Gasteiger partial charge < -0.3 is 0 Å². The van der Waals surface area contributed by atoms with Gasteiger partial charge in [-0.25, -0.2) is 0 Å². The van der Waals surface area contributed by atoms with Gasteiger partial charge in [0.2, 0.25) is 0 Å². The standard InChI is InChI=1S/C34H22.C12H10/c1-3-15-25-23(11-1)13-9-21-27(25)33-29-17-5-7-19-31(29)34(32-20-8-6-18-30(32)33)28-22-10-14-24-12-2-4-16-26(24)28;1-3-7-11(8-4-1)12-9-5-2-6-10-12/h1-22H;1-10H. The molecule has 9 rings (SSSR count). The molecule has 0 N–H and O–H groups in total. The van der Waals surface area contributed by atoms with Crippen LogP contribution in [-0.2, 0) is 0 Å². The fraction of sp³-hybridized carbons (Fsp3) is 0. The molecule has 0 aliphatic heterocycles. The van der Waals surface area contributed by atoms with Crippen LogP contribution in [0, 0.1) is 0 Å². The van der Waals surface area contributed by atoms with Crippen LogP contribution < -0.4 is 0 Å². The molecule has 9 aromatic rings. The van der Waals surface area contributed by atoms with Crippen molar-refractivity contribution in [3.63, 3.8) is 0 Å². The second-order valence-corrected chi connectivity index (χ2v) is 11.6. The van der Waals surface area contributed by atoms with E-state index in [1.54, 1.807) is 0 Å². The van der Waals surface area contributed by atoms with Crippen molar-refractivity contribution in [3.8, 4) is 33.4 Å². The quantitative estimate of drug-likeness (QED) is 0.181. The van der Waals surface area contributed by atoms with E-state index in [-0.39, 0.29) is 0 Å². The molecular formula is C46H32. The van der Waals surface area contributed by atoms with E-state index in [1.807, 2.05) is 12.1 Å². The van der Waals surface area contributed by atoms with Gasteiger partial charge >= 0.3 is 0 Å². The van der Waals surface area contributed by atoms with E-state index in [0.29, 0.717) is 0 Å². The summed E-state index contributed by atoms with van der Waals surface area (Å²) in [5, 5.41) is 10.3. The monoisotopic (exact) mass is 584 g/mol. The Labute approximate surface area is 269 Å². The average molecular weight is 585 g/mol. The Hall–Kier alpha value is -5.98. The summed E-state index contributed by atoms with van der Waals surface area (Å²) in [4.78, 5) is 0. The number of fused-ring (bicyclic) bond motifs is 4. The summed E-state index contributed by atoms with van der Waals surface area (Å²) in [7, 11) is 0. The summed E-state index contributed by atoms with van der Waals surface area (Å²) in [6.07, 6.45) is 0. The van der Waals surface area contributed by atoms with Crippen LogP contribution in [0.5, 0.6) is 0 Å². The highest BCUT2D eigenvalue weighted by Gasteiger charge is 2.18. The third kappa shape index (κ3) is 5.01. The van der Waals surface area contributed by atoms with Crippen molar-refractivity contribution in [2.75, 3.05) is 0 Å². The number of hydrogen-bond donors (Lipinski definition) is 0. The molecule has 0 fully saturated rings. The SMILES string of the molecule is c1ccc(-c2ccccc2)cc1.c1ccc2c(-c3c4ccccc4c(-c4cccc5ccccc45)c4ccccc34)cccc2c1. The van der Waals surface area contributed by atoms with Crippen LogP contribution in [-0.4, -0.2) is 0 Å². The van der Waals surface area contributed by atoms with Crippen molar-refractivity contribution in [1.29, 1.82) is 0 Å². The number of benzene rings is 9. The maximum Gasteiger partial charge on any atom is -0.00201 e. The lowest BCUT2D eigenvalue weighted by molar-refractivity contribution is 1.62. The first-order valence-electron chi connectivity index (χ1n) is 15.9. The molecule has 0 spiro atoms. The number of hydrogen-bond acceptors (Lipinski definition) is 0. The zero-order valence-electron chi connectivity index (χ0n) is 25.5. The van der Waals surface area contributed by atoms with Gasteiger partial charge in [-0.05, 0) is 76.5 Å². The van der Waals surface area contributed by atoms with Crippen molar-refractivity contribution in [2.24, 2.45) is 0 Å². The fourth-order valence-corrected chi connectivity index (χ4v) is 6.86. The molecular weight excluding hydrogens is 553 g/mol. The minimum atomic E-state index is 1.27. The highest BCUT2D eigenvalue weighted by Crippen LogP contribution is 2.46. The van der Waals surface area contributed by atoms with Crippen LogP contribution in [0.15, 0.2) is 194 Å². The van der Waals surface area contributed by atoms with Gasteiger partial charge in [0, 0.05) is 0 Å². The van der Waals surface area contributed by atoms with Gasteiger partial charge in [0.15, 0.2) is 0 Å². The molecule has 0 aliphatic rings. The Morgan fingerprint density at radius 3 is 0.848 bits per heavy atom. The van der Waals surface area contributed by atoms with Crippen LogP contribution in [0.2, 0.25) is 0 Å². The molecule has 0 saturated heterocycles. The van der Waals surface area contributed by atoms with E-state index in [1.165, 1.54) is 76.5 Å². The fourth-order valence-electron chi connectivity index (χ4n) is 6.86. The molecule has 216 valence electrons. The molecule has 9 aromatic carbocycles. The van der Waals surface area contributed by atoms with Gasteiger partial charge in [-0.3, -0.25) is 0 Å². The summed E-state index contributed by atoms with van der Waals surface area (Å²) >= 11 is 0. The first kappa shape index (κ1) is 27.6. The number of rotatable bonds is 3. The molecule has 46 heavy (non-hydrogen) atoms. The van der Waals surface area contributed by atoms with E-state index in [2.05, 4.69) is 182 Å². The molecule has 0 bridgehead atoms. The van der Waals surface area contributed by atoms with E-state index in [0.717, 1.165) is 0 Å². The van der Waals surface area contributed by atoms with Gasteiger partial charge in [-0.15, -0.1) is 0 Å². The normalized spacial score (nSPS) is 11.0. The molecule has 0 aliphatic carbocycles. The predicted molar refractivity (Wildman–Crippen MR) is 199 cm³/mol. The average Bonchev–Trinajstić information content (AvgIpc) is 3.14. The molecule has 0 heterocycles. The second kappa shape index (κ2) is 12.2. The van der Waals surface area contributed by atoms with E-state index < -0.39 is 0 Å². The smallest absolute Gasteiger partial charge is 0.00201 e. The largest absolute Gasteiger partial charge is 0.0622 e. The highest BCUT2D eigenvalue weighted by molar-refractivity contribution is 6.25. The maximum atomic E-state index is 2.29. The van der Waals surface area contributed by atoms with Gasteiger partial charge in [-0.1, -0.05) is 194 Å². The van der Waals surface area contributed by atoms with Crippen LogP contribution in [0.25, 0.3) is 76.5 Å². The minimum Gasteiger partial charge on any atom is -0.0622 e. The lowest BCUT2D eigenvalue weighted by Gasteiger charge is -2.19. The van der Waals surface area contributed by atoms with Crippen LogP contribution >= 0.6 is 0 Å². The van der Waals surface area contributed by atoms with Crippen molar-refractivity contribution in [2.45, 2.75) is 0 Å². The minimum absolute atomic E-state index is 1.27. The molecule has 0 heteroatoms. The van der Waals surface area contributed by atoms with E-state index in [9.17, 15) is 0 Å². The van der Waals surface area contributed by atoms with Crippen molar-refractivity contribution < 1.29 is 0 Å². The van der Waals surface area contributed by atoms with Crippen LogP contribution in [0.1, 0.15) is 0 Å². The molecule has 0 atom stereocenters. The van der Waals surface area contributed by atoms with E-state index in [4.69, 9.17) is 0 Å². The van der Waals surface area contributed by atoms with Crippen LogP contribution in [0.4, 0.5) is 0 Å². The Balaban J connectivity index is 0.000000219. The Morgan fingerprint density at radius 1 is 0.196 bits per heavy atom. The summed E-state index contributed by atoms with van der Waals surface area (Å²) in [5.74, 6) is 0. The molecule has 0 saturated carbocycles. The molecule has 0 amide bonds. The lowest BCUT2D eigenvalue weighted by Crippen LogP contribution is -1.92. The van der Waals surface area contributed by atoms with Gasteiger partial charge in [0.25, 0.3) is 0 Å². The predicted octanol–water partition coefficient (Wildman–Crippen LogP) is 13.0. The second-order valence-electron chi connectivity index (χ2n) is 11.6. The van der Waals surface area contributed by atoms with Gasteiger partial charge in [-0.2, -0.15) is 0 Å². The van der Waals surface area contributed by atoms with Crippen LogP contribution in [0.3, 0.4) is 0 Å². The highest BCUT2D eigenvalue weighted by atomic mass is 14.2. The van der Waals surface area contributed by atoms with E-state index >= 15 is 0 Å². The molecule has 0 nitrogen and oxygen atoms in total. The molecule has 0 unspecified atom stereocenters. The Morgan fingerprint density at radius 2 is 0.478 bits per heavy atom. The third-order valence-corrected chi connectivity index (χ3v) is 8.93. The molecule has 0 radical (unpaired) electrons. The van der Waals surface area contributed by atoms with Crippen molar-refractivity contribution >= 4 is 43.1 Å². The Kier molecular flexibility index (Phi) is 7.30. The zero-order valence-corrected chi connectivity index (χ0v) is 25.5. The summed E-state index contributed by atoms with van der Waals surface area (Å²) in [6.45, 7) is 0. The maximum absolute atomic E-state index is 2.29. The van der Waals surface area contributed by atoms with Crippen molar-refractivity contribution in [1.82, 2.24) is 0 Å². The third-order valence-electron chi connectivity index (χ3n) is 8.93. The Bertz CT molecular complexity index is 2210. The molecule has 0 aromatic heterocycles.